The van der Waals surface area contributed by atoms with Gasteiger partial charge in [0, 0.05) is 39.3 Å². The van der Waals surface area contributed by atoms with E-state index in [9.17, 15) is 0 Å². The van der Waals surface area contributed by atoms with Crippen molar-refractivity contribution in [2.24, 2.45) is 12.0 Å². The molecule has 3 heterocycles. The van der Waals surface area contributed by atoms with Gasteiger partial charge in [-0.1, -0.05) is 13.3 Å². The van der Waals surface area contributed by atoms with Gasteiger partial charge in [-0.25, -0.2) is 9.97 Å². The lowest BCUT2D eigenvalue weighted by Gasteiger charge is -2.34. The molecule has 168 valence electrons. The maximum atomic E-state index is 4.76. The molecule has 0 bridgehead atoms. The molecule has 1 unspecified atom stereocenters. The lowest BCUT2D eigenvalue weighted by Crippen LogP contribution is -2.42. The van der Waals surface area contributed by atoms with Gasteiger partial charge < -0.3 is 16.0 Å². The van der Waals surface area contributed by atoms with E-state index in [1.54, 1.807) is 17.2 Å². The van der Waals surface area contributed by atoms with E-state index >= 15 is 0 Å². The molecule has 0 aromatic carbocycles. The number of halogens is 1. The standard InChI is InChI=1S/C20H35N9.HI/c1-4-16-8-6-7-12-29(16)13-11-24-20(21-5-2)23-10-9-22-18-17-14-27-28(3)19(17)26-15-25-18;/h14-16H,4-13H2,1-3H3,(H2,21,23,24)(H,22,25,26);1H. The molecule has 30 heavy (non-hydrogen) atoms. The first kappa shape index (κ1) is 24.6. The van der Waals surface area contributed by atoms with Gasteiger partial charge in [-0.15, -0.1) is 24.0 Å². The topological polar surface area (TPSA) is 95.3 Å². The molecule has 0 spiro atoms. The summed E-state index contributed by atoms with van der Waals surface area (Å²) >= 11 is 0. The Morgan fingerprint density at radius 3 is 2.87 bits per heavy atom. The summed E-state index contributed by atoms with van der Waals surface area (Å²) in [7, 11) is 1.88. The minimum atomic E-state index is 0. The normalized spacial score (nSPS) is 17.6. The lowest BCUT2D eigenvalue weighted by molar-refractivity contribution is 0.148. The van der Waals surface area contributed by atoms with Crippen molar-refractivity contribution in [3.8, 4) is 0 Å². The summed E-state index contributed by atoms with van der Waals surface area (Å²) in [5, 5.41) is 15.3. The minimum absolute atomic E-state index is 0. The smallest absolute Gasteiger partial charge is 0.191 e. The number of hydrogen-bond acceptors (Lipinski definition) is 6. The van der Waals surface area contributed by atoms with Crippen LogP contribution in [0.4, 0.5) is 5.82 Å². The molecule has 2 aromatic rings. The Balaban J connectivity index is 0.00000320. The van der Waals surface area contributed by atoms with E-state index in [0.717, 1.165) is 61.6 Å². The summed E-state index contributed by atoms with van der Waals surface area (Å²) in [5.74, 6) is 1.68. The Bertz CT molecular complexity index is 792. The molecule has 0 radical (unpaired) electrons. The van der Waals surface area contributed by atoms with Crippen LogP contribution in [-0.2, 0) is 7.05 Å². The number of aryl methyl sites for hydroxylation is 1. The molecule has 1 aliphatic heterocycles. The molecule has 2 aromatic heterocycles. The van der Waals surface area contributed by atoms with Crippen LogP contribution in [0.2, 0.25) is 0 Å². The predicted octanol–water partition coefficient (Wildman–Crippen LogP) is 2.21. The Hall–Kier alpha value is -1.69. The van der Waals surface area contributed by atoms with Crippen LogP contribution in [0.1, 0.15) is 39.5 Å². The predicted molar refractivity (Wildman–Crippen MR) is 134 cm³/mol. The summed E-state index contributed by atoms with van der Waals surface area (Å²) in [6.45, 7) is 9.78. The van der Waals surface area contributed by atoms with Crippen molar-refractivity contribution >= 4 is 46.8 Å². The van der Waals surface area contributed by atoms with Gasteiger partial charge in [0.2, 0.25) is 0 Å². The number of piperidine rings is 1. The second kappa shape index (κ2) is 12.9. The zero-order chi connectivity index (χ0) is 20.5. The number of fused-ring (bicyclic) bond motifs is 1. The van der Waals surface area contributed by atoms with E-state index in [4.69, 9.17) is 4.99 Å². The molecule has 1 aliphatic rings. The number of hydrogen-bond donors (Lipinski definition) is 3. The number of nitrogens with zero attached hydrogens (tertiary/aromatic N) is 6. The molecule has 3 rings (SSSR count). The van der Waals surface area contributed by atoms with Gasteiger partial charge in [0.25, 0.3) is 0 Å². The molecule has 0 amide bonds. The van der Waals surface area contributed by atoms with Crippen LogP contribution in [-0.4, -0.2) is 75.9 Å². The number of likely N-dealkylation sites (tertiary alicyclic amines) is 1. The van der Waals surface area contributed by atoms with E-state index in [1.807, 2.05) is 7.05 Å². The molecule has 1 fully saturated rings. The molecular weight excluding hydrogens is 493 g/mol. The number of nitrogens with one attached hydrogen (secondary N) is 3. The van der Waals surface area contributed by atoms with Crippen LogP contribution in [0.25, 0.3) is 11.0 Å². The van der Waals surface area contributed by atoms with Crippen LogP contribution in [0, 0.1) is 0 Å². The second-order valence-electron chi connectivity index (χ2n) is 7.44. The van der Waals surface area contributed by atoms with E-state index in [0.29, 0.717) is 0 Å². The molecule has 9 nitrogen and oxygen atoms in total. The lowest BCUT2D eigenvalue weighted by atomic mass is 10.0. The molecule has 0 aliphatic carbocycles. The highest BCUT2D eigenvalue weighted by atomic mass is 127. The van der Waals surface area contributed by atoms with E-state index in [2.05, 4.69) is 49.8 Å². The average Bonchev–Trinajstić information content (AvgIpc) is 3.13. The van der Waals surface area contributed by atoms with Crippen LogP contribution in [0.5, 0.6) is 0 Å². The maximum absolute atomic E-state index is 4.76. The third-order valence-corrected chi connectivity index (χ3v) is 5.46. The molecule has 10 heteroatoms. The van der Waals surface area contributed by atoms with Crippen molar-refractivity contribution in [1.82, 2.24) is 35.3 Å². The number of aromatic nitrogens is 4. The zero-order valence-electron chi connectivity index (χ0n) is 18.4. The van der Waals surface area contributed by atoms with Gasteiger partial charge >= 0.3 is 0 Å². The number of rotatable bonds is 9. The van der Waals surface area contributed by atoms with Gasteiger partial charge in [-0.3, -0.25) is 14.6 Å². The van der Waals surface area contributed by atoms with Gasteiger partial charge in [0.05, 0.1) is 18.1 Å². The Morgan fingerprint density at radius 2 is 2.07 bits per heavy atom. The average molecular weight is 529 g/mol. The monoisotopic (exact) mass is 529 g/mol. The molecule has 1 saturated heterocycles. The third-order valence-electron chi connectivity index (χ3n) is 5.46. The highest BCUT2D eigenvalue weighted by Gasteiger charge is 2.19. The van der Waals surface area contributed by atoms with E-state index < -0.39 is 0 Å². The molecule has 3 N–H and O–H groups in total. The SMILES string of the molecule is CCNC(=NCCN1CCCCC1CC)NCCNc1ncnc2c1cnn2C.I. The van der Waals surface area contributed by atoms with Crippen LogP contribution in [0.3, 0.4) is 0 Å². The fraction of sp³-hybridized carbons (Fsp3) is 0.700. The van der Waals surface area contributed by atoms with Crippen LogP contribution in [0.15, 0.2) is 17.5 Å². The fourth-order valence-corrected chi connectivity index (χ4v) is 3.91. The maximum Gasteiger partial charge on any atom is 0.191 e. The van der Waals surface area contributed by atoms with Crippen LogP contribution >= 0.6 is 24.0 Å². The summed E-state index contributed by atoms with van der Waals surface area (Å²) < 4.78 is 1.75. The molecule has 1 atom stereocenters. The highest BCUT2D eigenvalue weighted by molar-refractivity contribution is 14.0. The molecular formula is C20H36IN9. The van der Waals surface area contributed by atoms with Gasteiger partial charge in [-0.2, -0.15) is 5.10 Å². The van der Waals surface area contributed by atoms with Crippen molar-refractivity contribution in [3.63, 3.8) is 0 Å². The molecule has 0 saturated carbocycles. The fourth-order valence-electron chi connectivity index (χ4n) is 3.91. The number of aliphatic imine (C=N–C) groups is 1. The first-order valence-corrected chi connectivity index (χ1v) is 10.9. The first-order chi connectivity index (χ1) is 14.2. The Labute approximate surface area is 196 Å². The van der Waals surface area contributed by atoms with Gasteiger partial charge in [0.15, 0.2) is 11.6 Å². The van der Waals surface area contributed by atoms with Crippen molar-refractivity contribution in [1.29, 1.82) is 0 Å². The first-order valence-electron chi connectivity index (χ1n) is 10.9. The zero-order valence-corrected chi connectivity index (χ0v) is 20.7. The van der Waals surface area contributed by atoms with Gasteiger partial charge in [0.1, 0.15) is 12.1 Å². The van der Waals surface area contributed by atoms with Crippen molar-refractivity contribution in [2.45, 2.75) is 45.6 Å². The summed E-state index contributed by atoms with van der Waals surface area (Å²) in [5.41, 5.74) is 0.827. The van der Waals surface area contributed by atoms with Crippen LogP contribution < -0.4 is 16.0 Å². The summed E-state index contributed by atoms with van der Waals surface area (Å²) in [4.78, 5) is 16.0. The highest BCUT2D eigenvalue weighted by Crippen LogP contribution is 2.19. The van der Waals surface area contributed by atoms with Crippen molar-refractivity contribution in [3.05, 3.63) is 12.5 Å². The van der Waals surface area contributed by atoms with E-state index in [-0.39, 0.29) is 24.0 Å². The second-order valence-corrected chi connectivity index (χ2v) is 7.44. The number of anilines is 1. The van der Waals surface area contributed by atoms with Crippen molar-refractivity contribution < 1.29 is 0 Å². The van der Waals surface area contributed by atoms with Gasteiger partial charge in [-0.05, 0) is 32.7 Å². The summed E-state index contributed by atoms with van der Waals surface area (Å²) in [6.07, 6.45) is 8.61. The third kappa shape index (κ3) is 6.66. The number of guanidine groups is 1. The van der Waals surface area contributed by atoms with Crippen molar-refractivity contribution in [2.75, 3.05) is 44.6 Å². The quantitative estimate of drug-likeness (QED) is 0.199. The Morgan fingerprint density at radius 1 is 1.20 bits per heavy atom. The minimum Gasteiger partial charge on any atom is -0.368 e. The Kier molecular flexibility index (Phi) is 10.6. The summed E-state index contributed by atoms with van der Waals surface area (Å²) in [6, 6.07) is 0.732. The van der Waals surface area contributed by atoms with E-state index in [1.165, 1.54) is 32.2 Å². The largest absolute Gasteiger partial charge is 0.368 e.